The van der Waals surface area contributed by atoms with E-state index in [0.717, 1.165) is 0 Å². The summed E-state index contributed by atoms with van der Waals surface area (Å²) in [6.45, 7) is 19.0. The molecule has 1 atom stereocenters. The summed E-state index contributed by atoms with van der Waals surface area (Å²) in [6.07, 6.45) is 5.06. The summed E-state index contributed by atoms with van der Waals surface area (Å²) in [5.74, 6) is -0.395. The van der Waals surface area contributed by atoms with E-state index in [2.05, 4.69) is 13.2 Å². The summed E-state index contributed by atoms with van der Waals surface area (Å²) < 4.78 is 11.1. The third kappa shape index (κ3) is 6.22. The molecule has 142 valence electrons. The van der Waals surface area contributed by atoms with E-state index in [0.29, 0.717) is 25.8 Å². The second-order valence-electron chi connectivity index (χ2n) is 8.85. The SMILES string of the molecule is C=CCC1(CC=C)CC(C(=O)OC(C)(C)C)N(C(=O)OC(C)(C)C)C1. The number of ether oxygens (including phenoxy) is 2. The van der Waals surface area contributed by atoms with Crippen LogP contribution in [0.25, 0.3) is 0 Å². The van der Waals surface area contributed by atoms with Crippen LogP contribution in [0.5, 0.6) is 0 Å². The number of amides is 1. The lowest BCUT2D eigenvalue weighted by Gasteiger charge is -2.30. The van der Waals surface area contributed by atoms with Gasteiger partial charge >= 0.3 is 12.1 Å². The highest BCUT2D eigenvalue weighted by Gasteiger charge is 2.49. The summed E-state index contributed by atoms with van der Waals surface area (Å²) in [5.41, 5.74) is -1.50. The van der Waals surface area contributed by atoms with E-state index >= 15 is 0 Å². The minimum absolute atomic E-state index is 0.262. The minimum atomic E-state index is -0.658. The van der Waals surface area contributed by atoms with E-state index in [1.807, 2.05) is 53.7 Å². The molecule has 1 amide bonds. The van der Waals surface area contributed by atoms with E-state index in [9.17, 15) is 9.59 Å². The predicted molar refractivity (Wildman–Crippen MR) is 99.3 cm³/mol. The molecule has 0 aromatic rings. The molecule has 0 aliphatic carbocycles. The van der Waals surface area contributed by atoms with Crippen LogP contribution in [0.2, 0.25) is 0 Å². The summed E-state index contributed by atoms with van der Waals surface area (Å²) in [6, 6.07) is -0.658. The van der Waals surface area contributed by atoms with Gasteiger partial charge < -0.3 is 9.47 Å². The molecule has 1 unspecified atom stereocenters. The topological polar surface area (TPSA) is 55.8 Å². The molecule has 0 aromatic heterocycles. The molecule has 0 radical (unpaired) electrons. The van der Waals surface area contributed by atoms with Crippen molar-refractivity contribution in [2.24, 2.45) is 5.41 Å². The maximum absolute atomic E-state index is 12.7. The zero-order valence-corrected chi connectivity index (χ0v) is 16.6. The van der Waals surface area contributed by atoms with Crippen LogP contribution in [0.15, 0.2) is 25.3 Å². The van der Waals surface area contributed by atoms with Crippen LogP contribution in [0.1, 0.15) is 60.8 Å². The molecule has 5 heteroatoms. The fourth-order valence-corrected chi connectivity index (χ4v) is 3.14. The third-order valence-electron chi connectivity index (χ3n) is 3.97. The largest absolute Gasteiger partial charge is 0.458 e. The Morgan fingerprint density at radius 1 is 1.04 bits per heavy atom. The Hall–Kier alpha value is -1.78. The summed E-state index contributed by atoms with van der Waals surface area (Å²) >= 11 is 0. The second-order valence-corrected chi connectivity index (χ2v) is 8.85. The standard InChI is InChI=1S/C20H33NO4/c1-9-11-20(12-10-2)13-15(16(22)24-18(3,4)5)21(14-20)17(23)25-19(6,7)8/h9-10,15H,1-2,11-14H2,3-8H3. The number of nitrogens with zero attached hydrogens (tertiary/aromatic N) is 1. The Bertz CT molecular complexity index is 477. The smallest absolute Gasteiger partial charge is 0.411 e. The van der Waals surface area contributed by atoms with Crippen molar-refractivity contribution in [2.45, 2.75) is 78.0 Å². The molecule has 0 N–H and O–H groups in total. The highest BCUT2D eigenvalue weighted by Crippen LogP contribution is 2.42. The van der Waals surface area contributed by atoms with Crippen molar-refractivity contribution < 1.29 is 19.1 Å². The lowest BCUT2D eigenvalue weighted by Crippen LogP contribution is -2.45. The first kappa shape index (κ1) is 21.3. The number of carbonyl (C=O) groups excluding carboxylic acids is 2. The molecule has 1 rings (SSSR count). The van der Waals surface area contributed by atoms with Gasteiger partial charge in [-0.2, -0.15) is 0 Å². The fraction of sp³-hybridized carbons (Fsp3) is 0.700. The summed E-state index contributed by atoms with van der Waals surface area (Å²) in [7, 11) is 0. The van der Waals surface area contributed by atoms with Crippen LogP contribution in [0, 0.1) is 5.41 Å². The first-order chi connectivity index (χ1) is 11.3. The van der Waals surface area contributed by atoms with E-state index in [-0.39, 0.29) is 5.41 Å². The van der Waals surface area contributed by atoms with Gasteiger partial charge in [0.15, 0.2) is 0 Å². The summed E-state index contributed by atoms with van der Waals surface area (Å²) in [4.78, 5) is 26.9. The number of esters is 1. The van der Waals surface area contributed by atoms with E-state index in [1.54, 1.807) is 0 Å². The molecule has 25 heavy (non-hydrogen) atoms. The van der Waals surface area contributed by atoms with Crippen LogP contribution in [0.4, 0.5) is 4.79 Å². The Morgan fingerprint density at radius 3 is 1.92 bits per heavy atom. The van der Waals surface area contributed by atoms with Crippen molar-refractivity contribution in [3.63, 3.8) is 0 Å². The van der Waals surface area contributed by atoms with Crippen molar-refractivity contribution in [3.8, 4) is 0 Å². The second kappa shape index (κ2) is 7.63. The zero-order valence-electron chi connectivity index (χ0n) is 16.6. The molecule has 1 saturated heterocycles. The van der Waals surface area contributed by atoms with Crippen LogP contribution in [-0.2, 0) is 14.3 Å². The first-order valence-electron chi connectivity index (χ1n) is 8.77. The zero-order chi connectivity index (χ0) is 19.5. The number of carbonyl (C=O) groups is 2. The van der Waals surface area contributed by atoms with E-state index in [4.69, 9.17) is 9.47 Å². The first-order valence-corrected chi connectivity index (χ1v) is 8.77. The molecular weight excluding hydrogens is 318 g/mol. The van der Waals surface area contributed by atoms with Crippen molar-refractivity contribution in [1.82, 2.24) is 4.90 Å². The fourth-order valence-electron chi connectivity index (χ4n) is 3.14. The van der Waals surface area contributed by atoms with Gasteiger partial charge in [0.1, 0.15) is 17.2 Å². The Balaban J connectivity index is 3.13. The maximum Gasteiger partial charge on any atom is 0.411 e. The van der Waals surface area contributed by atoms with Crippen molar-refractivity contribution in [3.05, 3.63) is 25.3 Å². The highest BCUT2D eigenvalue weighted by atomic mass is 16.6. The number of hydrogen-bond donors (Lipinski definition) is 0. The number of allylic oxidation sites excluding steroid dienone is 2. The van der Waals surface area contributed by atoms with Crippen molar-refractivity contribution >= 4 is 12.1 Å². The number of hydrogen-bond acceptors (Lipinski definition) is 4. The molecule has 1 aliphatic heterocycles. The van der Waals surface area contributed by atoms with Crippen LogP contribution in [0.3, 0.4) is 0 Å². The quantitative estimate of drug-likeness (QED) is 0.541. The predicted octanol–water partition coefficient (Wildman–Crippen LogP) is 4.48. The highest BCUT2D eigenvalue weighted by molar-refractivity contribution is 5.82. The molecule has 1 fully saturated rings. The monoisotopic (exact) mass is 351 g/mol. The maximum atomic E-state index is 12.7. The van der Waals surface area contributed by atoms with E-state index < -0.39 is 29.3 Å². The Kier molecular flexibility index (Phi) is 6.49. The van der Waals surface area contributed by atoms with Gasteiger partial charge in [0.25, 0.3) is 0 Å². The van der Waals surface area contributed by atoms with Crippen LogP contribution >= 0.6 is 0 Å². The molecule has 0 spiro atoms. The molecule has 0 aromatic carbocycles. The van der Waals surface area contributed by atoms with Crippen LogP contribution in [-0.4, -0.2) is 40.8 Å². The Labute approximate surface area is 152 Å². The molecular formula is C20H33NO4. The van der Waals surface area contributed by atoms with Crippen LogP contribution < -0.4 is 0 Å². The van der Waals surface area contributed by atoms with Gasteiger partial charge in [-0.1, -0.05) is 12.2 Å². The minimum Gasteiger partial charge on any atom is -0.458 e. The normalized spacial score (nSPS) is 20.1. The van der Waals surface area contributed by atoms with Gasteiger partial charge in [0.2, 0.25) is 0 Å². The van der Waals surface area contributed by atoms with Gasteiger partial charge in [-0.05, 0) is 66.2 Å². The average molecular weight is 351 g/mol. The van der Waals surface area contributed by atoms with Gasteiger partial charge in [-0.15, -0.1) is 13.2 Å². The summed E-state index contributed by atoms with van der Waals surface area (Å²) in [5, 5.41) is 0. The Morgan fingerprint density at radius 2 is 1.52 bits per heavy atom. The lowest BCUT2D eigenvalue weighted by molar-refractivity contribution is -0.160. The van der Waals surface area contributed by atoms with Gasteiger partial charge in [0.05, 0.1) is 0 Å². The molecule has 1 aliphatic rings. The molecule has 0 bridgehead atoms. The third-order valence-corrected chi connectivity index (χ3v) is 3.97. The number of likely N-dealkylation sites (tertiary alicyclic amines) is 1. The molecule has 0 saturated carbocycles. The molecule has 5 nitrogen and oxygen atoms in total. The van der Waals surface area contributed by atoms with Crippen molar-refractivity contribution in [2.75, 3.05) is 6.54 Å². The van der Waals surface area contributed by atoms with Gasteiger partial charge in [0, 0.05) is 6.54 Å². The average Bonchev–Trinajstić information content (AvgIpc) is 2.76. The van der Waals surface area contributed by atoms with Gasteiger partial charge in [-0.3, -0.25) is 4.90 Å². The van der Waals surface area contributed by atoms with Crippen molar-refractivity contribution in [1.29, 1.82) is 0 Å². The van der Waals surface area contributed by atoms with Gasteiger partial charge in [-0.25, -0.2) is 9.59 Å². The molecule has 1 heterocycles. The number of rotatable bonds is 5. The lowest BCUT2D eigenvalue weighted by atomic mass is 9.79. The van der Waals surface area contributed by atoms with E-state index in [1.165, 1.54) is 4.90 Å².